The average Bonchev–Trinajstić information content (AvgIpc) is 2.83. The van der Waals surface area contributed by atoms with Gasteiger partial charge in [0.15, 0.2) is 0 Å². The summed E-state index contributed by atoms with van der Waals surface area (Å²) >= 11 is 0. The molecule has 1 N–H and O–H groups in total. The van der Waals surface area contributed by atoms with Crippen LogP contribution in [0, 0.1) is 17.3 Å². The van der Waals surface area contributed by atoms with Crippen LogP contribution in [0.15, 0.2) is 29.8 Å². The molecular formula is C20H26O. The predicted molar refractivity (Wildman–Crippen MR) is 86.5 cm³/mol. The minimum absolute atomic E-state index is 0.435. The first kappa shape index (κ1) is 13.4. The maximum atomic E-state index is 9.73. The number of aromatic hydroxyl groups is 1. The van der Waals surface area contributed by atoms with Gasteiger partial charge < -0.3 is 5.11 Å². The molecule has 112 valence electrons. The molecule has 0 heterocycles. The highest BCUT2D eigenvalue weighted by atomic mass is 16.3. The summed E-state index contributed by atoms with van der Waals surface area (Å²) in [6, 6.07) is 6.10. The number of phenolic OH excluding ortho intramolecular Hbond substituents is 1. The molecule has 3 aliphatic carbocycles. The summed E-state index contributed by atoms with van der Waals surface area (Å²) < 4.78 is 0. The second-order valence-electron chi connectivity index (χ2n) is 7.61. The zero-order valence-electron chi connectivity index (χ0n) is 13.2. The minimum atomic E-state index is 0.435. The maximum absolute atomic E-state index is 9.73. The lowest BCUT2D eigenvalue weighted by Gasteiger charge is -2.49. The average molecular weight is 282 g/mol. The second-order valence-corrected chi connectivity index (χ2v) is 7.61. The summed E-state index contributed by atoms with van der Waals surface area (Å²) in [7, 11) is 0. The second kappa shape index (κ2) is 4.63. The molecular weight excluding hydrogens is 256 g/mol. The van der Waals surface area contributed by atoms with E-state index in [9.17, 15) is 5.11 Å². The summed E-state index contributed by atoms with van der Waals surface area (Å²) in [5.74, 6) is 2.91. The normalized spacial score (nSPS) is 39.7. The van der Waals surface area contributed by atoms with Crippen molar-refractivity contribution in [3.8, 4) is 5.75 Å². The van der Waals surface area contributed by atoms with E-state index in [4.69, 9.17) is 0 Å². The quantitative estimate of drug-likeness (QED) is 0.649. The Balaban J connectivity index is 1.72. The van der Waals surface area contributed by atoms with Crippen molar-refractivity contribution in [2.45, 2.75) is 58.3 Å². The Labute approximate surface area is 128 Å². The van der Waals surface area contributed by atoms with Crippen molar-refractivity contribution in [1.82, 2.24) is 0 Å². The first-order valence-corrected chi connectivity index (χ1v) is 8.61. The van der Waals surface area contributed by atoms with Crippen LogP contribution in [-0.2, 0) is 6.42 Å². The number of hydrogen-bond acceptors (Lipinski definition) is 1. The van der Waals surface area contributed by atoms with Gasteiger partial charge in [-0.05, 0) is 91.9 Å². The lowest BCUT2D eigenvalue weighted by molar-refractivity contribution is 0.0813. The number of rotatable bonds is 0. The Hall–Kier alpha value is -1.24. The smallest absolute Gasteiger partial charge is 0.115 e. The summed E-state index contributed by atoms with van der Waals surface area (Å²) in [5, 5.41) is 9.73. The molecule has 0 saturated heterocycles. The third kappa shape index (κ3) is 1.82. The fourth-order valence-electron chi connectivity index (χ4n) is 5.89. The number of allylic oxidation sites excluding steroid dienone is 2. The van der Waals surface area contributed by atoms with Crippen molar-refractivity contribution in [3.63, 3.8) is 0 Å². The monoisotopic (exact) mass is 282 g/mol. The first-order chi connectivity index (χ1) is 10.1. The summed E-state index contributed by atoms with van der Waals surface area (Å²) in [5.41, 5.74) is 5.15. The molecule has 0 bridgehead atoms. The third-order valence-corrected chi connectivity index (χ3v) is 6.91. The van der Waals surface area contributed by atoms with Gasteiger partial charge in [-0.15, -0.1) is 0 Å². The van der Waals surface area contributed by atoms with Gasteiger partial charge >= 0.3 is 0 Å². The van der Waals surface area contributed by atoms with Crippen molar-refractivity contribution in [2.75, 3.05) is 0 Å². The molecule has 0 aliphatic heterocycles. The van der Waals surface area contributed by atoms with E-state index < -0.39 is 0 Å². The van der Waals surface area contributed by atoms with Crippen molar-refractivity contribution in [1.29, 1.82) is 0 Å². The zero-order chi connectivity index (χ0) is 14.6. The number of fused-ring (bicyclic) bond motifs is 5. The summed E-state index contributed by atoms with van der Waals surface area (Å²) in [6.07, 6.45) is 10.3. The van der Waals surface area contributed by atoms with Gasteiger partial charge in [-0.3, -0.25) is 0 Å². The first-order valence-electron chi connectivity index (χ1n) is 8.61. The fraction of sp³-hybridized carbons (Fsp3) is 0.600. The van der Waals surface area contributed by atoms with Crippen LogP contribution in [0.2, 0.25) is 0 Å². The van der Waals surface area contributed by atoms with E-state index in [0.29, 0.717) is 11.2 Å². The van der Waals surface area contributed by atoms with E-state index in [-0.39, 0.29) is 0 Å². The maximum Gasteiger partial charge on any atom is 0.115 e. The van der Waals surface area contributed by atoms with E-state index >= 15 is 0 Å². The van der Waals surface area contributed by atoms with Gasteiger partial charge in [-0.1, -0.05) is 24.6 Å². The third-order valence-electron chi connectivity index (χ3n) is 6.91. The largest absolute Gasteiger partial charge is 0.508 e. The van der Waals surface area contributed by atoms with Gasteiger partial charge in [0, 0.05) is 0 Å². The minimum Gasteiger partial charge on any atom is -0.508 e. The number of aryl methyl sites for hydroxylation is 1. The molecule has 0 amide bonds. The van der Waals surface area contributed by atoms with Crippen LogP contribution >= 0.6 is 0 Å². The molecule has 0 aromatic heterocycles. The number of hydrogen-bond donors (Lipinski definition) is 1. The SMILES string of the molecule is C/C=C1/CCC2C3CCc4cc(O)ccc4C3CC[C@]12C. The van der Waals surface area contributed by atoms with Crippen LogP contribution < -0.4 is 0 Å². The highest BCUT2D eigenvalue weighted by molar-refractivity contribution is 5.40. The lowest BCUT2D eigenvalue weighted by Crippen LogP contribution is -2.40. The molecule has 0 spiro atoms. The molecule has 1 nitrogen and oxygen atoms in total. The van der Waals surface area contributed by atoms with Gasteiger partial charge in [0.1, 0.15) is 5.75 Å². The van der Waals surface area contributed by atoms with Gasteiger partial charge in [-0.2, -0.15) is 0 Å². The Morgan fingerprint density at radius 1 is 1.19 bits per heavy atom. The summed E-state index contributed by atoms with van der Waals surface area (Å²) in [4.78, 5) is 0. The van der Waals surface area contributed by atoms with Crippen molar-refractivity contribution in [2.24, 2.45) is 17.3 Å². The molecule has 1 aromatic rings. The van der Waals surface area contributed by atoms with Crippen LogP contribution in [-0.4, -0.2) is 5.11 Å². The Morgan fingerprint density at radius 2 is 2.05 bits per heavy atom. The molecule has 2 saturated carbocycles. The highest BCUT2D eigenvalue weighted by Gasteiger charge is 2.52. The molecule has 2 fully saturated rings. The number of phenols is 1. The lowest BCUT2D eigenvalue weighted by atomic mass is 9.55. The highest BCUT2D eigenvalue weighted by Crippen LogP contribution is 2.62. The van der Waals surface area contributed by atoms with Gasteiger partial charge in [-0.25, -0.2) is 0 Å². The molecule has 3 aliphatic rings. The van der Waals surface area contributed by atoms with Crippen molar-refractivity contribution in [3.05, 3.63) is 41.0 Å². The molecule has 1 heteroatoms. The summed E-state index contributed by atoms with van der Waals surface area (Å²) in [6.45, 7) is 4.76. The van der Waals surface area contributed by atoms with Crippen molar-refractivity contribution < 1.29 is 5.11 Å². The fourth-order valence-corrected chi connectivity index (χ4v) is 5.89. The van der Waals surface area contributed by atoms with E-state index in [1.165, 1.54) is 37.7 Å². The molecule has 0 radical (unpaired) electrons. The van der Waals surface area contributed by atoms with E-state index in [2.05, 4.69) is 26.0 Å². The van der Waals surface area contributed by atoms with Crippen LogP contribution in [0.4, 0.5) is 0 Å². The predicted octanol–water partition coefficient (Wildman–Crippen LogP) is 5.19. The Morgan fingerprint density at radius 3 is 2.86 bits per heavy atom. The molecule has 4 rings (SSSR count). The molecule has 1 aromatic carbocycles. The van der Waals surface area contributed by atoms with Crippen LogP contribution in [0.5, 0.6) is 5.75 Å². The van der Waals surface area contributed by atoms with E-state index in [0.717, 1.165) is 24.2 Å². The van der Waals surface area contributed by atoms with Gasteiger partial charge in [0.2, 0.25) is 0 Å². The number of benzene rings is 1. The zero-order valence-corrected chi connectivity index (χ0v) is 13.2. The van der Waals surface area contributed by atoms with Crippen LogP contribution in [0.25, 0.3) is 0 Å². The molecule has 4 atom stereocenters. The molecule has 3 unspecified atom stereocenters. The van der Waals surface area contributed by atoms with Gasteiger partial charge in [0.05, 0.1) is 0 Å². The Kier molecular flexibility index (Phi) is 2.96. The van der Waals surface area contributed by atoms with Gasteiger partial charge in [0.25, 0.3) is 0 Å². The van der Waals surface area contributed by atoms with Crippen LogP contribution in [0.3, 0.4) is 0 Å². The topological polar surface area (TPSA) is 20.2 Å². The van der Waals surface area contributed by atoms with E-state index in [1.807, 2.05) is 12.1 Å². The molecule has 21 heavy (non-hydrogen) atoms. The standard InChI is InChI=1S/C20H26O/c1-3-14-5-9-19-18-7-4-13-12-15(21)6-8-16(13)17(18)10-11-20(14,19)2/h3,6,8,12,17-19,21H,4-5,7,9-11H2,1-2H3/b14-3-/t17?,18?,19?,20-/m1/s1. The van der Waals surface area contributed by atoms with E-state index in [1.54, 1.807) is 11.1 Å². The van der Waals surface area contributed by atoms with Crippen LogP contribution in [0.1, 0.15) is 63.0 Å². The Bertz CT molecular complexity index is 600. The van der Waals surface area contributed by atoms with Crippen molar-refractivity contribution >= 4 is 0 Å².